The van der Waals surface area contributed by atoms with Crippen molar-refractivity contribution in [1.82, 2.24) is 0 Å². The van der Waals surface area contributed by atoms with Gasteiger partial charge in [-0.15, -0.1) is 11.8 Å². The molecule has 21 heavy (non-hydrogen) atoms. The van der Waals surface area contributed by atoms with Crippen LogP contribution in [0.3, 0.4) is 0 Å². The number of para-hydroxylation sites is 1. The number of carboxylic acid groups (broad SMARTS) is 1. The molecule has 4 nitrogen and oxygen atoms in total. The van der Waals surface area contributed by atoms with Gasteiger partial charge < -0.3 is 10.4 Å². The molecule has 0 radical (unpaired) electrons. The summed E-state index contributed by atoms with van der Waals surface area (Å²) in [5.74, 6) is -0.605. The lowest BCUT2D eigenvalue weighted by Crippen LogP contribution is -2.13. The van der Waals surface area contributed by atoms with E-state index in [2.05, 4.69) is 5.32 Å². The molecule has 2 N–H and O–H groups in total. The van der Waals surface area contributed by atoms with E-state index >= 15 is 0 Å². The molecule has 0 aliphatic rings. The monoisotopic (exact) mass is 301 g/mol. The molecule has 2 rings (SSSR count). The number of hydrogen-bond donors (Lipinski definition) is 2. The van der Waals surface area contributed by atoms with Gasteiger partial charge in [-0.3, -0.25) is 9.59 Å². The molecule has 0 saturated heterocycles. The Labute approximate surface area is 127 Å². The van der Waals surface area contributed by atoms with Gasteiger partial charge in [-0.05, 0) is 29.8 Å². The highest BCUT2D eigenvalue weighted by molar-refractivity contribution is 8.00. The summed E-state index contributed by atoms with van der Waals surface area (Å²) >= 11 is 1.42. The predicted octanol–water partition coefficient (Wildman–Crippen LogP) is 3.04. The van der Waals surface area contributed by atoms with Crippen molar-refractivity contribution in [1.29, 1.82) is 0 Å². The van der Waals surface area contributed by atoms with Crippen molar-refractivity contribution in [2.24, 2.45) is 0 Å². The molecule has 2 aromatic rings. The van der Waals surface area contributed by atoms with Crippen LogP contribution in [0.4, 0.5) is 5.69 Å². The molecule has 0 saturated carbocycles. The Balaban J connectivity index is 1.82. The topological polar surface area (TPSA) is 66.4 Å². The van der Waals surface area contributed by atoms with E-state index in [-0.39, 0.29) is 12.3 Å². The van der Waals surface area contributed by atoms with E-state index in [1.54, 1.807) is 12.1 Å². The first-order valence-electron chi connectivity index (χ1n) is 6.42. The number of hydrogen-bond acceptors (Lipinski definition) is 3. The maximum absolute atomic E-state index is 11.8. The largest absolute Gasteiger partial charge is 0.481 e. The Morgan fingerprint density at radius 3 is 2.29 bits per heavy atom. The molecule has 2 aromatic carbocycles. The second-order valence-corrected chi connectivity index (χ2v) is 5.47. The van der Waals surface area contributed by atoms with Crippen LogP contribution in [0.25, 0.3) is 0 Å². The molecule has 5 heteroatoms. The number of thioether (sulfide) groups is 1. The molecule has 0 aromatic heterocycles. The lowest BCUT2D eigenvalue weighted by molar-refractivity contribution is -0.136. The highest BCUT2D eigenvalue weighted by Crippen LogP contribution is 2.19. The minimum atomic E-state index is -0.849. The van der Waals surface area contributed by atoms with Crippen LogP contribution in [-0.4, -0.2) is 22.7 Å². The van der Waals surface area contributed by atoms with Crippen molar-refractivity contribution in [2.45, 2.75) is 11.3 Å². The van der Waals surface area contributed by atoms with Gasteiger partial charge in [-0.1, -0.05) is 30.3 Å². The van der Waals surface area contributed by atoms with Crippen molar-refractivity contribution in [3.05, 3.63) is 60.2 Å². The van der Waals surface area contributed by atoms with Crippen LogP contribution >= 0.6 is 11.8 Å². The second-order valence-electron chi connectivity index (χ2n) is 4.42. The van der Waals surface area contributed by atoms with Crippen LogP contribution in [0.5, 0.6) is 0 Å². The standard InChI is InChI=1S/C16H15NO3S/c18-15(17-13-4-2-1-3-5-13)11-21-14-8-6-12(7-9-14)10-16(19)20/h1-9H,10-11H2,(H,17,18)(H,19,20). The third-order valence-corrected chi connectivity index (χ3v) is 3.72. The molecule has 0 heterocycles. The number of aliphatic carboxylic acids is 1. The molecule has 0 aliphatic carbocycles. The van der Waals surface area contributed by atoms with Gasteiger partial charge in [0.1, 0.15) is 0 Å². The fourth-order valence-electron chi connectivity index (χ4n) is 1.75. The molecule has 0 atom stereocenters. The van der Waals surface area contributed by atoms with E-state index in [1.807, 2.05) is 42.5 Å². The van der Waals surface area contributed by atoms with Gasteiger partial charge in [-0.2, -0.15) is 0 Å². The van der Waals surface area contributed by atoms with Crippen LogP contribution in [0.2, 0.25) is 0 Å². The maximum atomic E-state index is 11.8. The third-order valence-electron chi connectivity index (χ3n) is 2.71. The van der Waals surface area contributed by atoms with Gasteiger partial charge in [0, 0.05) is 10.6 Å². The summed E-state index contributed by atoms with van der Waals surface area (Å²) in [5.41, 5.74) is 1.53. The summed E-state index contributed by atoms with van der Waals surface area (Å²) in [5, 5.41) is 11.5. The Hall–Kier alpha value is -2.27. The number of carboxylic acids is 1. The van der Waals surface area contributed by atoms with E-state index < -0.39 is 5.97 Å². The smallest absolute Gasteiger partial charge is 0.307 e. The molecule has 0 aliphatic heterocycles. The molecule has 108 valence electrons. The minimum absolute atomic E-state index is 0.0133. The van der Waals surface area contributed by atoms with Gasteiger partial charge in [0.25, 0.3) is 0 Å². The van der Waals surface area contributed by atoms with Gasteiger partial charge in [0.05, 0.1) is 12.2 Å². The first-order chi connectivity index (χ1) is 10.1. The quantitative estimate of drug-likeness (QED) is 0.805. The lowest BCUT2D eigenvalue weighted by atomic mass is 10.2. The van der Waals surface area contributed by atoms with Crippen LogP contribution in [0, 0.1) is 0 Å². The molecule has 0 spiro atoms. The third kappa shape index (κ3) is 5.31. The second kappa shape index (κ2) is 7.50. The normalized spacial score (nSPS) is 10.1. The highest BCUT2D eigenvalue weighted by atomic mass is 32.2. The summed E-state index contributed by atoms with van der Waals surface area (Å²) in [4.78, 5) is 23.3. The van der Waals surface area contributed by atoms with Gasteiger partial charge in [0.2, 0.25) is 5.91 Å². The van der Waals surface area contributed by atoms with Crippen molar-refractivity contribution in [2.75, 3.05) is 11.1 Å². The summed E-state index contributed by atoms with van der Waals surface area (Å²) in [7, 11) is 0. The first kappa shape index (κ1) is 15.1. The number of nitrogens with one attached hydrogen (secondary N) is 1. The van der Waals surface area contributed by atoms with Crippen molar-refractivity contribution in [3.63, 3.8) is 0 Å². The number of carbonyl (C=O) groups excluding carboxylic acids is 1. The fourth-order valence-corrected chi connectivity index (χ4v) is 2.44. The van der Waals surface area contributed by atoms with E-state index in [4.69, 9.17) is 5.11 Å². The van der Waals surface area contributed by atoms with E-state index in [1.165, 1.54) is 11.8 Å². The number of carbonyl (C=O) groups is 2. The zero-order chi connectivity index (χ0) is 15.1. The molecular weight excluding hydrogens is 286 g/mol. The molecule has 0 bridgehead atoms. The van der Waals surface area contributed by atoms with Gasteiger partial charge >= 0.3 is 5.97 Å². The van der Waals surface area contributed by atoms with Crippen LogP contribution in [0.15, 0.2) is 59.5 Å². The Morgan fingerprint density at radius 1 is 1.00 bits per heavy atom. The number of rotatable bonds is 6. The average Bonchev–Trinajstić information content (AvgIpc) is 2.47. The molecule has 0 unspecified atom stereocenters. The lowest BCUT2D eigenvalue weighted by Gasteiger charge is -2.05. The van der Waals surface area contributed by atoms with Gasteiger partial charge in [0.15, 0.2) is 0 Å². The van der Waals surface area contributed by atoms with Crippen molar-refractivity contribution >= 4 is 29.3 Å². The van der Waals surface area contributed by atoms with Crippen molar-refractivity contribution < 1.29 is 14.7 Å². The molecular formula is C16H15NO3S. The van der Waals surface area contributed by atoms with E-state index in [0.717, 1.165) is 16.1 Å². The number of benzene rings is 2. The van der Waals surface area contributed by atoms with Crippen LogP contribution < -0.4 is 5.32 Å². The maximum Gasteiger partial charge on any atom is 0.307 e. The zero-order valence-electron chi connectivity index (χ0n) is 11.3. The Morgan fingerprint density at radius 2 is 1.67 bits per heavy atom. The Bertz CT molecular complexity index is 611. The van der Waals surface area contributed by atoms with E-state index in [0.29, 0.717) is 5.75 Å². The molecule has 1 amide bonds. The number of anilines is 1. The summed E-state index contributed by atoms with van der Waals surface area (Å²) in [6.07, 6.45) is 0.0133. The minimum Gasteiger partial charge on any atom is -0.481 e. The Kier molecular flexibility index (Phi) is 5.40. The van der Waals surface area contributed by atoms with Crippen LogP contribution in [0.1, 0.15) is 5.56 Å². The summed E-state index contributed by atoms with van der Waals surface area (Å²) in [6, 6.07) is 16.5. The summed E-state index contributed by atoms with van der Waals surface area (Å²) < 4.78 is 0. The average molecular weight is 301 g/mol. The van der Waals surface area contributed by atoms with Gasteiger partial charge in [-0.25, -0.2) is 0 Å². The predicted molar refractivity (Wildman–Crippen MR) is 83.6 cm³/mol. The first-order valence-corrected chi connectivity index (χ1v) is 7.40. The SMILES string of the molecule is O=C(O)Cc1ccc(SCC(=O)Nc2ccccc2)cc1. The highest BCUT2D eigenvalue weighted by Gasteiger charge is 2.04. The van der Waals surface area contributed by atoms with E-state index in [9.17, 15) is 9.59 Å². The zero-order valence-corrected chi connectivity index (χ0v) is 12.1. The van der Waals surface area contributed by atoms with Crippen LogP contribution in [-0.2, 0) is 16.0 Å². The number of amides is 1. The fraction of sp³-hybridized carbons (Fsp3) is 0.125. The molecule has 0 fully saturated rings. The van der Waals surface area contributed by atoms with Crippen molar-refractivity contribution in [3.8, 4) is 0 Å². The summed E-state index contributed by atoms with van der Waals surface area (Å²) in [6.45, 7) is 0.